The second kappa shape index (κ2) is 4.53. The number of H-pyrrole nitrogens is 2. The number of nitrogens with one attached hydrogen (secondary N) is 2. The molecule has 90 valence electrons. The Bertz CT molecular complexity index is 575. The molecule has 0 aromatic carbocycles. The molecule has 0 aliphatic carbocycles. The molecule has 3 heterocycles. The van der Waals surface area contributed by atoms with Gasteiger partial charge in [-0.2, -0.15) is 0 Å². The van der Waals surface area contributed by atoms with E-state index in [0.717, 1.165) is 0 Å². The summed E-state index contributed by atoms with van der Waals surface area (Å²) in [5.74, 6) is 0.206. The number of pyridine rings is 1. The Labute approximate surface area is 106 Å². The van der Waals surface area contributed by atoms with Gasteiger partial charge in [-0.1, -0.05) is 0 Å². The number of aromatic nitrogens is 3. The van der Waals surface area contributed by atoms with Crippen LogP contribution in [0.2, 0.25) is 0 Å². The fourth-order valence-corrected chi connectivity index (χ4v) is 2.36. The zero-order valence-corrected chi connectivity index (χ0v) is 10.2. The van der Waals surface area contributed by atoms with E-state index < -0.39 is 0 Å². The lowest BCUT2D eigenvalue weighted by Gasteiger charge is -2.17. The van der Waals surface area contributed by atoms with Crippen LogP contribution in [0.5, 0.6) is 0 Å². The molecule has 2 N–H and O–H groups in total. The molecule has 0 amide bonds. The Kier molecular flexibility index (Phi) is 2.73. The Morgan fingerprint density at radius 1 is 1.00 bits per heavy atom. The molecule has 0 aliphatic heterocycles. The lowest BCUT2D eigenvalue weighted by molar-refractivity contribution is 0.883. The second-order valence-corrected chi connectivity index (χ2v) is 4.42. The maximum Gasteiger partial charge on any atom is 0.0645 e. The minimum absolute atomic E-state index is 0.206. The van der Waals surface area contributed by atoms with E-state index in [0.29, 0.717) is 0 Å². The molecule has 0 radical (unpaired) electrons. The summed E-state index contributed by atoms with van der Waals surface area (Å²) in [7, 11) is 0. The lowest BCUT2D eigenvalue weighted by Crippen LogP contribution is -2.06. The third kappa shape index (κ3) is 1.84. The average molecular weight is 237 g/mol. The molecule has 3 rings (SSSR count). The van der Waals surface area contributed by atoms with Gasteiger partial charge in [0.25, 0.3) is 0 Å². The topological polar surface area (TPSA) is 44.5 Å². The van der Waals surface area contributed by atoms with Crippen molar-refractivity contribution in [1.29, 1.82) is 0 Å². The van der Waals surface area contributed by atoms with Crippen molar-refractivity contribution in [2.75, 3.05) is 0 Å². The highest BCUT2D eigenvalue weighted by atomic mass is 14.7. The van der Waals surface area contributed by atoms with Crippen molar-refractivity contribution in [2.24, 2.45) is 0 Å². The standard InChI is InChI=1S/C15H15N3/c1-11-10-16-9-6-12(11)15(13-4-2-7-17-13)14-5-3-8-18-14/h2-10,15,17-18H,1H3. The van der Waals surface area contributed by atoms with Crippen molar-refractivity contribution in [3.05, 3.63) is 77.6 Å². The summed E-state index contributed by atoms with van der Waals surface area (Å²) >= 11 is 0. The lowest BCUT2D eigenvalue weighted by atomic mass is 9.90. The van der Waals surface area contributed by atoms with Gasteiger partial charge in [-0.15, -0.1) is 0 Å². The molecule has 0 bridgehead atoms. The Morgan fingerprint density at radius 3 is 2.17 bits per heavy atom. The second-order valence-electron chi connectivity index (χ2n) is 4.42. The van der Waals surface area contributed by atoms with Crippen LogP contribution in [-0.2, 0) is 0 Å². The molecule has 3 heteroatoms. The Morgan fingerprint density at radius 2 is 1.67 bits per heavy atom. The summed E-state index contributed by atoms with van der Waals surface area (Å²) < 4.78 is 0. The normalized spacial score (nSPS) is 11.0. The van der Waals surface area contributed by atoms with Crippen LogP contribution in [0.3, 0.4) is 0 Å². The predicted molar refractivity (Wildman–Crippen MR) is 71.5 cm³/mol. The summed E-state index contributed by atoms with van der Waals surface area (Å²) in [6.07, 6.45) is 7.68. The molecule has 0 saturated carbocycles. The Hall–Kier alpha value is -2.29. The molecule has 3 nitrogen and oxygen atoms in total. The number of rotatable bonds is 3. The van der Waals surface area contributed by atoms with Crippen molar-refractivity contribution in [1.82, 2.24) is 15.0 Å². The van der Waals surface area contributed by atoms with E-state index in [4.69, 9.17) is 0 Å². The van der Waals surface area contributed by atoms with Gasteiger partial charge in [0, 0.05) is 36.2 Å². The van der Waals surface area contributed by atoms with Crippen LogP contribution in [0.15, 0.2) is 55.1 Å². The van der Waals surface area contributed by atoms with Crippen LogP contribution >= 0.6 is 0 Å². The van der Waals surface area contributed by atoms with E-state index in [2.05, 4.69) is 40.1 Å². The molecule has 0 spiro atoms. The monoisotopic (exact) mass is 237 g/mol. The van der Waals surface area contributed by atoms with Gasteiger partial charge in [0.15, 0.2) is 0 Å². The van der Waals surface area contributed by atoms with Crippen LogP contribution in [-0.4, -0.2) is 15.0 Å². The number of hydrogen-bond acceptors (Lipinski definition) is 1. The molecule has 18 heavy (non-hydrogen) atoms. The minimum atomic E-state index is 0.206. The van der Waals surface area contributed by atoms with Gasteiger partial charge in [-0.05, 0) is 48.4 Å². The Balaban J connectivity index is 2.15. The highest BCUT2D eigenvalue weighted by Gasteiger charge is 2.19. The summed E-state index contributed by atoms with van der Waals surface area (Å²) in [5.41, 5.74) is 4.85. The molecule has 0 unspecified atom stereocenters. The van der Waals surface area contributed by atoms with E-state index in [1.165, 1.54) is 22.5 Å². The molecule has 3 aromatic rings. The van der Waals surface area contributed by atoms with Crippen LogP contribution in [0.25, 0.3) is 0 Å². The van der Waals surface area contributed by atoms with Crippen molar-refractivity contribution < 1.29 is 0 Å². The van der Waals surface area contributed by atoms with Crippen molar-refractivity contribution in [3.8, 4) is 0 Å². The molecule has 0 atom stereocenters. The smallest absolute Gasteiger partial charge is 0.0645 e. The molecule has 0 aliphatic rings. The van der Waals surface area contributed by atoms with Crippen molar-refractivity contribution >= 4 is 0 Å². The first-order valence-electron chi connectivity index (χ1n) is 6.03. The zero-order chi connectivity index (χ0) is 12.4. The summed E-state index contributed by atoms with van der Waals surface area (Å²) in [6.45, 7) is 2.10. The highest BCUT2D eigenvalue weighted by Crippen LogP contribution is 2.31. The zero-order valence-electron chi connectivity index (χ0n) is 10.2. The fourth-order valence-electron chi connectivity index (χ4n) is 2.36. The first-order valence-corrected chi connectivity index (χ1v) is 6.03. The number of aryl methyl sites for hydroxylation is 1. The van der Waals surface area contributed by atoms with E-state index >= 15 is 0 Å². The number of aromatic amines is 2. The van der Waals surface area contributed by atoms with Gasteiger partial charge in [0.1, 0.15) is 0 Å². The third-order valence-corrected chi connectivity index (χ3v) is 3.24. The molecule has 3 aromatic heterocycles. The SMILES string of the molecule is Cc1cnccc1C(c1ccc[nH]1)c1ccc[nH]1. The maximum atomic E-state index is 4.17. The van der Waals surface area contributed by atoms with Gasteiger partial charge in [-0.3, -0.25) is 4.98 Å². The largest absolute Gasteiger partial charge is 0.364 e. The first kappa shape index (κ1) is 10.8. The van der Waals surface area contributed by atoms with Gasteiger partial charge in [-0.25, -0.2) is 0 Å². The van der Waals surface area contributed by atoms with E-state index in [1.807, 2.05) is 36.9 Å². The van der Waals surface area contributed by atoms with Gasteiger partial charge >= 0.3 is 0 Å². The molecule has 0 saturated heterocycles. The van der Waals surface area contributed by atoms with Gasteiger partial charge in [0.05, 0.1) is 5.92 Å². The average Bonchev–Trinajstić information content (AvgIpc) is 3.05. The van der Waals surface area contributed by atoms with E-state index in [9.17, 15) is 0 Å². The van der Waals surface area contributed by atoms with Crippen molar-refractivity contribution in [2.45, 2.75) is 12.8 Å². The quantitative estimate of drug-likeness (QED) is 0.721. The number of hydrogen-bond donors (Lipinski definition) is 2. The van der Waals surface area contributed by atoms with Crippen LogP contribution in [0, 0.1) is 6.92 Å². The van der Waals surface area contributed by atoms with Crippen molar-refractivity contribution in [3.63, 3.8) is 0 Å². The molecule has 0 fully saturated rings. The molecular formula is C15H15N3. The van der Waals surface area contributed by atoms with Gasteiger partial charge in [0.2, 0.25) is 0 Å². The maximum absolute atomic E-state index is 4.17. The third-order valence-electron chi connectivity index (χ3n) is 3.24. The van der Waals surface area contributed by atoms with E-state index in [1.54, 1.807) is 0 Å². The summed E-state index contributed by atoms with van der Waals surface area (Å²) in [4.78, 5) is 10.8. The highest BCUT2D eigenvalue weighted by molar-refractivity contribution is 5.40. The first-order chi connectivity index (χ1) is 8.86. The van der Waals surface area contributed by atoms with Crippen LogP contribution < -0.4 is 0 Å². The predicted octanol–water partition coefficient (Wildman–Crippen LogP) is 3.23. The van der Waals surface area contributed by atoms with Crippen LogP contribution in [0.1, 0.15) is 28.4 Å². The van der Waals surface area contributed by atoms with Gasteiger partial charge < -0.3 is 9.97 Å². The summed E-state index contributed by atoms with van der Waals surface area (Å²) in [5, 5.41) is 0. The fraction of sp³-hybridized carbons (Fsp3) is 0.133. The number of nitrogens with zero attached hydrogens (tertiary/aromatic N) is 1. The van der Waals surface area contributed by atoms with Crippen LogP contribution in [0.4, 0.5) is 0 Å². The minimum Gasteiger partial charge on any atom is -0.364 e. The van der Waals surface area contributed by atoms with E-state index in [-0.39, 0.29) is 5.92 Å². The molecular weight excluding hydrogens is 222 g/mol. The summed E-state index contributed by atoms with van der Waals surface area (Å²) in [6, 6.07) is 10.4.